The van der Waals surface area contributed by atoms with Gasteiger partial charge in [-0.1, -0.05) is 35.3 Å². The molecule has 27 heavy (non-hydrogen) atoms. The van der Waals surface area contributed by atoms with Crippen molar-refractivity contribution in [3.05, 3.63) is 63.5 Å². The third-order valence-electron chi connectivity index (χ3n) is 4.05. The lowest BCUT2D eigenvalue weighted by Gasteiger charge is -2.15. The normalized spacial score (nSPS) is 13.3. The van der Waals surface area contributed by atoms with E-state index in [4.69, 9.17) is 32.4 Å². The number of esters is 1. The highest BCUT2D eigenvalue weighted by molar-refractivity contribution is 6.35. The van der Waals surface area contributed by atoms with E-state index in [1.165, 1.54) is 13.0 Å². The monoisotopic (exact) mass is 407 g/mol. The molecular weight excluding hydrogens is 393 g/mol. The van der Waals surface area contributed by atoms with E-state index in [-0.39, 0.29) is 5.89 Å². The van der Waals surface area contributed by atoms with Crippen molar-refractivity contribution in [3.8, 4) is 0 Å². The lowest BCUT2D eigenvalue weighted by atomic mass is 10.0. The first-order valence-corrected chi connectivity index (χ1v) is 8.77. The van der Waals surface area contributed by atoms with Gasteiger partial charge in [0.1, 0.15) is 5.52 Å². The quantitative estimate of drug-likeness (QED) is 0.600. The number of carbonyl (C=O) groups excluding carboxylic acids is 1. The molecule has 0 saturated carbocycles. The first-order chi connectivity index (χ1) is 12.8. The molecule has 2 aromatic carbocycles. The fraction of sp³-hybridized carbons (Fsp3) is 0.211. The number of nitrogens with zero attached hydrogens (tertiary/aromatic N) is 1. The predicted molar refractivity (Wildman–Crippen MR) is 100 cm³/mol. The van der Waals surface area contributed by atoms with Crippen LogP contribution < -0.4 is 0 Å². The summed E-state index contributed by atoms with van der Waals surface area (Å²) in [5.74, 6) is -2.05. The second-order valence-corrected chi connectivity index (χ2v) is 6.84. The Bertz CT molecular complexity index is 1030. The number of halogens is 2. The Morgan fingerprint density at radius 2 is 1.93 bits per heavy atom. The number of fused-ring (bicyclic) bond motifs is 1. The first kappa shape index (κ1) is 19.2. The maximum absolute atomic E-state index is 11.6. The fourth-order valence-corrected chi connectivity index (χ4v) is 3.12. The van der Waals surface area contributed by atoms with Crippen LogP contribution in [-0.4, -0.2) is 22.0 Å². The highest BCUT2D eigenvalue weighted by atomic mass is 35.5. The molecule has 0 amide bonds. The zero-order valence-electron chi connectivity index (χ0n) is 14.4. The van der Waals surface area contributed by atoms with Gasteiger partial charge in [-0.05, 0) is 36.8 Å². The van der Waals surface area contributed by atoms with Crippen LogP contribution in [0.15, 0.2) is 40.8 Å². The van der Waals surface area contributed by atoms with Crippen LogP contribution in [0.1, 0.15) is 42.9 Å². The number of carboxylic acid groups (broad SMARTS) is 1. The van der Waals surface area contributed by atoms with Crippen molar-refractivity contribution >= 4 is 46.2 Å². The highest BCUT2D eigenvalue weighted by Crippen LogP contribution is 2.34. The van der Waals surface area contributed by atoms with Crippen LogP contribution in [0.25, 0.3) is 11.1 Å². The van der Waals surface area contributed by atoms with Gasteiger partial charge in [0.15, 0.2) is 5.58 Å². The third kappa shape index (κ3) is 4.07. The van der Waals surface area contributed by atoms with Crippen LogP contribution in [0.2, 0.25) is 10.0 Å². The number of carbonyl (C=O) groups is 2. The van der Waals surface area contributed by atoms with Crippen molar-refractivity contribution in [2.24, 2.45) is 0 Å². The number of benzene rings is 2. The molecule has 0 aliphatic heterocycles. The Hall–Kier alpha value is -2.57. The Morgan fingerprint density at radius 1 is 1.19 bits per heavy atom. The zero-order chi connectivity index (χ0) is 19.7. The van der Waals surface area contributed by atoms with Gasteiger partial charge in [-0.15, -0.1) is 0 Å². The van der Waals surface area contributed by atoms with E-state index in [1.807, 2.05) is 0 Å². The summed E-state index contributed by atoms with van der Waals surface area (Å²) in [5, 5.41) is 9.91. The Labute approximate surface area is 164 Å². The number of aromatic nitrogens is 1. The van der Waals surface area contributed by atoms with Crippen LogP contribution in [0.3, 0.4) is 0 Å². The van der Waals surface area contributed by atoms with Crippen molar-refractivity contribution in [2.45, 2.75) is 25.9 Å². The second kappa shape index (κ2) is 7.58. The van der Waals surface area contributed by atoms with E-state index in [9.17, 15) is 14.7 Å². The minimum Gasteiger partial charge on any atom is -0.481 e. The highest BCUT2D eigenvalue weighted by Gasteiger charge is 2.26. The zero-order valence-corrected chi connectivity index (χ0v) is 15.9. The molecule has 1 heterocycles. The maximum Gasteiger partial charge on any atom is 0.310 e. The summed E-state index contributed by atoms with van der Waals surface area (Å²) in [6.45, 7) is 2.85. The molecule has 8 heteroatoms. The molecule has 2 unspecified atom stereocenters. The number of carboxylic acids is 1. The molecule has 0 radical (unpaired) electrons. The molecule has 1 N–H and O–H groups in total. The van der Waals surface area contributed by atoms with E-state index >= 15 is 0 Å². The molecule has 140 valence electrons. The summed E-state index contributed by atoms with van der Waals surface area (Å²) in [5.41, 5.74) is 1.94. The van der Waals surface area contributed by atoms with Gasteiger partial charge in [0, 0.05) is 22.5 Å². The molecule has 2 atom stereocenters. The van der Waals surface area contributed by atoms with Crippen LogP contribution >= 0.6 is 23.2 Å². The summed E-state index contributed by atoms with van der Waals surface area (Å²) in [6.07, 6.45) is -0.958. The number of ether oxygens (including phenoxy) is 1. The number of hydrogen-bond donors (Lipinski definition) is 1. The molecule has 3 aromatic rings. The SMILES string of the molecule is CC(=O)OC(c1nc2ccc(C(C)C(=O)O)cc2o1)c1ccc(Cl)cc1Cl. The van der Waals surface area contributed by atoms with Crippen molar-refractivity contribution in [1.29, 1.82) is 0 Å². The van der Waals surface area contributed by atoms with E-state index in [0.29, 0.717) is 32.3 Å². The van der Waals surface area contributed by atoms with E-state index in [1.54, 1.807) is 37.3 Å². The Kier molecular flexibility index (Phi) is 5.39. The van der Waals surface area contributed by atoms with Crippen molar-refractivity contribution < 1.29 is 23.8 Å². The van der Waals surface area contributed by atoms with Crippen molar-refractivity contribution in [2.75, 3.05) is 0 Å². The molecule has 0 fully saturated rings. The van der Waals surface area contributed by atoms with Crippen LogP contribution in [0.5, 0.6) is 0 Å². The molecule has 0 aliphatic rings. The third-order valence-corrected chi connectivity index (χ3v) is 4.61. The fourth-order valence-electron chi connectivity index (χ4n) is 2.61. The lowest BCUT2D eigenvalue weighted by Crippen LogP contribution is -2.11. The second-order valence-electron chi connectivity index (χ2n) is 5.99. The molecule has 0 aliphatic carbocycles. The van der Waals surface area contributed by atoms with E-state index in [0.717, 1.165) is 0 Å². The Morgan fingerprint density at radius 3 is 2.56 bits per heavy atom. The van der Waals surface area contributed by atoms with Gasteiger partial charge in [0.2, 0.25) is 12.0 Å². The molecule has 0 bridgehead atoms. The van der Waals surface area contributed by atoms with Crippen molar-refractivity contribution in [3.63, 3.8) is 0 Å². The lowest BCUT2D eigenvalue weighted by molar-refractivity contribution is -0.145. The summed E-state index contributed by atoms with van der Waals surface area (Å²) in [6, 6.07) is 9.72. The summed E-state index contributed by atoms with van der Waals surface area (Å²) in [4.78, 5) is 27.1. The van der Waals surface area contributed by atoms with Crippen molar-refractivity contribution in [1.82, 2.24) is 4.98 Å². The van der Waals surface area contributed by atoms with Gasteiger partial charge in [-0.25, -0.2) is 4.98 Å². The van der Waals surface area contributed by atoms with Crippen LogP contribution in [0.4, 0.5) is 0 Å². The van der Waals surface area contributed by atoms with Gasteiger partial charge in [0.05, 0.1) is 5.92 Å². The van der Waals surface area contributed by atoms with Gasteiger partial charge < -0.3 is 14.3 Å². The standard InChI is InChI=1S/C19H15Cl2NO5/c1-9(19(24)25)11-3-6-15-16(7-11)27-18(22-15)17(26-10(2)23)13-5-4-12(20)8-14(13)21/h3-9,17H,1-2H3,(H,24,25). The number of hydrogen-bond acceptors (Lipinski definition) is 5. The van der Waals surface area contributed by atoms with Gasteiger partial charge in [-0.3, -0.25) is 9.59 Å². The molecule has 0 saturated heterocycles. The molecule has 0 spiro atoms. The van der Waals surface area contributed by atoms with Crippen LogP contribution in [0, 0.1) is 0 Å². The average molecular weight is 408 g/mol. The largest absolute Gasteiger partial charge is 0.481 e. The molecule has 3 rings (SSSR count). The van der Waals surface area contributed by atoms with Gasteiger partial charge in [0.25, 0.3) is 0 Å². The summed E-state index contributed by atoms with van der Waals surface area (Å²) in [7, 11) is 0. The minimum absolute atomic E-state index is 0.129. The predicted octanol–water partition coefficient (Wildman–Crippen LogP) is 4.98. The summed E-state index contributed by atoms with van der Waals surface area (Å²) >= 11 is 12.2. The number of rotatable bonds is 5. The van der Waals surface area contributed by atoms with Gasteiger partial charge in [-0.2, -0.15) is 0 Å². The number of aliphatic carboxylic acids is 1. The van der Waals surface area contributed by atoms with Crippen LogP contribution in [-0.2, 0) is 14.3 Å². The van der Waals surface area contributed by atoms with E-state index < -0.39 is 24.0 Å². The molecular formula is C19H15Cl2NO5. The smallest absolute Gasteiger partial charge is 0.310 e. The molecule has 6 nitrogen and oxygen atoms in total. The maximum atomic E-state index is 11.6. The first-order valence-electron chi connectivity index (χ1n) is 8.01. The average Bonchev–Trinajstić information content (AvgIpc) is 3.02. The minimum atomic E-state index is -0.958. The Balaban J connectivity index is 2.07. The molecule has 1 aromatic heterocycles. The number of oxazole rings is 1. The summed E-state index contributed by atoms with van der Waals surface area (Å²) < 4.78 is 11.1. The van der Waals surface area contributed by atoms with Gasteiger partial charge >= 0.3 is 11.9 Å². The van der Waals surface area contributed by atoms with E-state index in [2.05, 4.69) is 4.98 Å². The topological polar surface area (TPSA) is 89.6 Å².